The molecule has 1 heterocycles. The number of nitrogens with one attached hydrogen (secondary N) is 1. The van der Waals surface area contributed by atoms with Crippen molar-refractivity contribution in [2.45, 2.75) is 18.6 Å². The molecule has 16 heavy (non-hydrogen) atoms. The second kappa shape index (κ2) is 3.58. The van der Waals surface area contributed by atoms with Crippen molar-refractivity contribution in [3.63, 3.8) is 0 Å². The van der Waals surface area contributed by atoms with Crippen LogP contribution in [0.5, 0.6) is 0 Å². The Hall–Kier alpha value is -1.37. The van der Waals surface area contributed by atoms with Gasteiger partial charge >= 0.3 is 12.1 Å². The number of hydrogen-bond acceptors (Lipinski definition) is 3. The fourth-order valence-corrected chi connectivity index (χ4v) is 2.49. The molecule has 1 N–H and O–H groups in total. The maximum Gasteiger partial charge on any atom is 0.471 e. The smallest absolute Gasteiger partial charge is 0.341 e. The van der Waals surface area contributed by atoms with Crippen LogP contribution < -0.4 is 5.32 Å². The molecular formula is C9H6F3NO2S. The van der Waals surface area contributed by atoms with E-state index in [4.69, 9.17) is 0 Å². The molecule has 0 aromatic carbocycles. The molecule has 0 saturated heterocycles. The molecule has 86 valence electrons. The van der Waals surface area contributed by atoms with Crippen LogP contribution in [0.3, 0.4) is 0 Å². The minimum Gasteiger partial charge on any atom is -0.341 e. The van der Waals surface area contributed by atoms with E-state index in [1.165, 1.54) is 11.3 Å². The quantitative estimate of drug-likeness (QED) is 0.828. The number of thiophene rings is 1. The van der Waals surface area contributed by atoms with E-state index >= 15 is 0 Å². The fourth-order valence-electron chi connectivity index (χ4n) is 1.58. The summed E-state index contributed by atoms with van der Waals surface area (Å²) >= 11 is 1.23. The van der Waals surface area contributed by atoms with Gasteiger partial charge in [-0.05, 0) is 10.9 Å². The van der Waals surface area contributed by atoms with Gasteiger partial charge in [0.25, 0.3) is 0 Å². The van der Waals surface area contributed by atoms with Gasteiger partial charge in [-0.3, -0.25) is 9.59 Å². The van der Waals surface area contributed by atoms with E-state index < -0.39 is 18.1 Å². The molecule has 1 aliphatic carbocycles. The summed E-state index contributed by atoms with van der Waals surface area (Å²) in [7, 11) is 0. The van der Waals surface area contributed by atoms with Crippen LogP contribution in [0.15, 0.2) is 10.8 Å². The molecule has 0 saturated carbocycles. The molecular weight excluding hydrogens is 243 g/mol. The number of rotatable bonds is 1. The molecule has 1 aliphatic rings. The van der Waals surface area contributed by atoms with E-state index in [1.54, 1.807) is 10.8 Å². The van der Waals surface area contributed by atoms with Crippen molar-refractivity contribution in [1.82, 2.24) is 5.32 Å². The molecule has 0 spiro atoms. The van der Waals surface area contributed by atoms with Crippen molar-refractivity contribution in [2.75, 3.05) is 0 Å². The minimum atomic E-state index is -4.91. The number of carbonyl (C=O) groups excluding carboxylic acids is 2. The first-order valence-corrected chi connectivity index (χ1v) is 5.31. The lowest BCUT2D eigenvalue weighted by Crippen LogP contribution is -2.38. The molecule has 1 aromatic heterocycles. The molecule has 0 unspecified atom stereocenters. The summed E-state index contributed by atoms with van der Waals surface area (Å²) in [6.45, 7) is 0. The van der Waals surface area contributed by atoms with Crippen LogP contribution in [0.2, 0.25) is 0 Å². The Morgan fingerprint density at radius 1 is 1.44 bits per heavy atom. The molecule has 0 aliphatic heterocycles. The highest BCUT2D eigenvalue weighted by Crippen LogP contribution is 2.34. The molecule has 7 heteroatoms. The summed E-state index contributed by atoms with van der Waals surface area (Å²) in [5.74, 6) is -2.24. The van der Waals surface area contributed by atoms with Crippen LogP contribution >= 0.6 is 11.3 Å². The Morgan fingerprint density at radius 3 is 2.75 bits per heavy atom. The zero-order chi connectivity index (χ0) is 11.9. The van der Waals surface area contributed by atoms with E-state index in [-0.39, 0.29) is 12.2 Å². The van der Waals surface area contributed by atoms with Crippen molar-refractivity contribution in [3.8, 4) is 0 Å². The van der Waals surface area contributed by atoms with Gasteiger partial charge in [0.05, 0.1) is 6.04 Å². The lowest BCUT2D eigenvalue weighted by atomic mass is 10.2. The molecule has 1 atom stereocenters. The van der Waals surface area contributed by atoms with Gasteiger partial charge in [0.15, 0.2) is 5.78 Å². The third-order valence-electron chi connectivity index (χ3n) is 2.32. The first kappa shape index (κ1) is 11.1. The van der Waals surface area contributed by atoms with Gasteiger partial charge in [-0.25, -0.2) is 0 Å². The molecule has 1 amide bonds. The van der Waals surface area contributed by atoms with Crippen LogP contribution in [0.1, 0.15) is 28.4 Å². The first-order valence-electron chi connectivity index (χ1n) is 4.36. The van der Waals surface area contributed by atoms with E-state index in [2.05, 4.69) is 0 Å². The van der Waals surface area contributed by atoms with E-state index in [9.17, 15) is 22.8 Å². The number of Topliss-reactive ketones (excluding diaryl/α,β-unsaturated/α-hetero) is 1. The zero-order valence-electron chi connectivity index (χ0n) is 7.80. The third-order valence-corrected chi connectivity index (χ3v) is 3.08. The lowest BCUT2D eigenvalue weighted by molar-refractivity contribution is -0.174. The molecule has 0 fully saturated rings. The maximum absolute atomic E-state index is 12.0. The third kappa shape index (κ3) is 1.82. The van der Waals surface area contributed by atoms with Gasteiger partial charge in [0.2, 0.25) is 0 Å². The number of fused-ring (bicyclic) bond motifs is 1. The van der Waals surface area contributed by atoms with Gasteiger partial charge in [-0.15, -0.1) is 0 Å². The first-order chi connectivity index (χ1) is 7.39. The highest BCUT2D eigenvalue weighted by Gasteiger charge is 2.42. The number of carbonyl (C=O) groups is 2. The van der Waals surface area contributed by atoms with Gasteiger partial charge < -0.3 is 5.32 Å². The van der Waals surface area contributed by atoms with Crippen LogP contribution in [0.4, 0.5) is 13.2 Å². The maximum atomic E-state index is 12.0. The van der Waals surface area contributed by atoms with Crippen LogP contribution in [0, 0.1) is 0 Å². The van der Waals surface area contributed by atoms with Crippen LogP contribution in [-0.2, 0) is 4.79 Å². The van der Waals surface area contributed by atoms with Crippen LogP contribution in [0.25, 0.3) is 0 Å². The number of amides is 1. The minimum absolute atomic E-state index is 0.0972. The Kier molecular flexibility index (Phi) is 2.49. The number of ketones is 1. The fraction of sp³-hybridized carbons (Fsp3) is 0.333. The lowest BCUT2D eigenvalue weighted by Gasteiger charge is -2.13. The highest BCUT2D eigenvalue weighted by atomic mass is 32.1. The predicted molar refractivity (Wildman–Crippen MR) is 50.2 cm³/mol. The highest BCUT2D eigenvalue weighted by molar-refractivity contribution is 7.08. The summed E-state index contributed by atoms with van der Waals surface area (Å²) in [4.78, 5) is 22.1. The number of alkyl halides is 3. The van der Waals surface area contributed by atoms with E-state index in [0.29, 0.717) is 11.1 Å². The normalized spacial score (nSPS) is 19.7. The van der Waals surface area contributed by atoms with Gasteiger partial charge in [-0.2, -0.15) is 24.5 Å². The van der Waals surface area contributed by atoms with Gasteiger partial charge in [-0.1, -0.05) is 0 Å². The average Bonchev–Trinajstić information content (AvgIpc) is 2.70. The summed E-state index contributed by atoms with van der Waals surface area (Å²) < 4.78 is 36.0. The van der Waals surface area contributed by atoms with Crippen molar-refractivity contribution in [2.24, 2.45) is 0 Å². The molecule has 3 nitrogen and oxygen atoms in total. The number of hydrogen-bond donors (Lipinski definition) is 1. The molecule has 0 radical (unpaired) electrons. The second-order valence-corrected chi connectivity index (χ2v) is 4.14. The summed E-state index contributed by atoms with van der Waals surface area (Å²) in [6.07, 6.45) is -5.01. The van der Waals surface area contributed by atoms with E-state index in [1.807, 2.05) is 5.32 Å². The topological polar surface area (TPSA) is 46.2 Å². The summed E-state index contributed by atoms with van der Waals surface area (Å²) in [5.41, 5.74) is 0.894. The molecule has 0 bridgehead atoms. The molecule has 2 rings (SSSR count). The van der Waals surface area contributed by atoms with Crippen LogP contribution in [-0.4, -0.2) is 17.9 Å². The summed E-state index contributed by atoms with van der Waals surface area (Å²) in [5, 5.41) is 4.98. The Labute approximate surface area is 92.3 Å². The Balaban J connectivity index is 2.16. The Morgan fingerprint density at radius 2 is 2.12 bits per heavy atom. The van der Waals surface area contributed by atoms with E-state index in [0.717, 1.165) is 0 Å². The zero-order valence-corrected chi connectivity index (χ0v) is 8.61. The van der Waals surface area contributed by atoms with Gasteiger partial charge in [0, 0.05) is 17.4 Å². The predicted octanol–water partition coefficient (Wildman–Crippen LogP) is 2.05. The SMILES string of the molecule is O=C1C[C@@H](NC(=O)C(F)(F)F)c2cscc21. The summed E-state index contributed by atoms with van der Waals surface area (Å²) in [6, 6.07) is -0.845. The Bertz CT molecular complexity index is 452. The monoisotopic (exact) mass is 249 g/mol. The average molecular weight is 249 g/mol. The van der Waals surface area contributed by atoms with Crippen molar-refractivity contribution < 1.29 is 22.8 Å². The van der Waals surface area contributed by atoms with Crippen molar-refractivity contribution in [1.29, 1.82) is 0 Å². The van der Waals surface area contributed by atoms with Crippen molar-refractivity contribution in [3.05, 3.63) is 21.9 Å². The largest absolute Gasteiger partial charge is 0.471 e. The molecule has 1 aromatic rings. The second-order valence-electron chi connectivity index (χ2n) is 3.39. The van der Waals surface area contributed by atoms with Gasteiger partial charge in [0.1, 0.15) is 0 Å². The number of halogens is 3. The standard InChI is InChI=1S/C9H6F3NO2S/c10-9(11,12)8(15)13-6-1-7(14)5-3-16-2-4(5)6/h2-3,6H,1H2,(H,13,15)/t6-/m1/s1. The van der Waals surface area contributed by atoms with Crippen molar-refractivity contribution >= 4 is 23.0 Å².